The van der Waals surface area contributed by atoms with Gasteiger partial charge in [0.15, 0.2) is 6.29 Å². The predicted molar refractivity (Wildman–Crippen MR) is 116 cm³/mol. The van der Waals surface area contributed by atoms with Crippen LogP contribution in [-0.4, -0.2) is 50.1 Å². The molecule has 2 aliphatic heterocycles. The number of rotatable bonds is 9. The number of aldehydes is 1. The Labute approximate surface area is 176 Å². The molecular formula is C25H27NO4. The zero-order valence-corrected chi connectivity index (χ0v) is 17.1. The molecule has 0 saturated carbocycles. The third-order valence-corrected chi connectivity index (χ3v) is 6.03. The van der Waals surface area contributed by atoms with Gasteiger partial charge in [-0.3, -0.25) is 4.79 Å². The van der Waals surface area contributed by atoms with Crippen LogP contribution in [0.4, 0.5) is 0 Å². The molecule has 1 atom stereocenters. The lowest BCUT2D eigenvalue weighted by atomic mass is 9.98. The van der Waals surface area contributed by atoms with Crippen molar-refractivity contribution in [1.29, 1.82) is 0 Å². The van der Waals surface area contributed by atoms with E-state index in [1.807, 2.05) is 42.5 Å². The first-order valence-corrected chi connectivity index (χ1v) is 10.9. The van der Waals surface area contributed by atoms with Crippen LogP contribution < -0.4 is 4.74 Å². The van der Waals surface area contributed by atoms with Crippen molar-refractivity contribution in [1.82, 2.24) is 4.90 Å². The molecule has 30 heavy (non-hydrogen) atoms. The smallest absolute Gasteiger partial charge is 0.154 e. The Kier molecular flexibility index (Phi) is 5.56. The molecule has 156 valence electrons. The molecule has 0 N–H and O–H groups in total. The van der Waals surface area contributed by atoms with Crippen molar-refractivity contribution in [2.75, 3.05) is 32.8 Å². The fourth-order valence-electron chi connectivity index (χ4n) is 4.33. The fourth-order valence-corrected chi connectivity index (χ4v) is 4.33. The molecule has 0 aliphatic carbocycles. The van der Waals surface area contributed by atoms with E-state index < -0.39 is 0 Å². The van der Waals surface area contributed by atoms with E-state index in [4.69, 9.17) is 13.9 Å². The molecule has 5 heteroatoms. The lowest BCUT2D eigenvalue weighted by Gasteiger charge is -2.13. The van der Waals surface area contributed by atoms with Gasteiger partial charge in [-0.25, -0.2) is 0 Å². The van der Waals surface area contributed by atoms with Gasteiger partial charge in [0.1, 0.15) is 29.8 Å². The topological polar surface area (TPSA) is 55.2 Å². The second-order valence-electron chi connectivity index (χ2n) is 8.18. The minimum Gasteiger partial charge on any atom is -0.491 e. The van der Waals surface area contributed by atoms with Crippen LogP contribution in [0.2, 0.25) is 0 Å². The van der Waals surface area contributed by atoms with E-state index >= 15 is 0 Å². The van der Waals surface area contributed by atoms with Gasteiger partial charge in [0, 0.05) is 11.8 Å². The first-order valence-electron chi connectivity index (χ1n) is 10.9. The molecule has 5 rings (SSSR count). The van der Waals surface area contributed by atoms with Crippen LogP contribution in [0.1, 0.15) is 35.4 Å². The monoisotopic (exact) mass is 405 g/mol. The summed E-state index contributed by atoms with van der Waals surface area (Å²) in [6, 6.07) is 14.0. The van der Waals surface area contributed by atoms with Gasteiger partial charge in [-0.15, -0.1) is 0 Å². The number of carbonyl (C=O) groups is 1. The highest BCUT2D eigenvalue weighted by Gasteiger charge is 2.23. The number of ether oxygens (including phenoxy) is 2. The van der Waals surface area contributed by atoms with Gasteiger partial charge in [0.25, 0.3) is 0 Å². The van der Waals surface area contributed by atoms with E-state index in [-0.39, 0.29) is 6.10 Å². The number of hydrogen-bond donors (Lipinski definition) is 0. The summed E-state index contributed by atoms with van der Waals surface area (Å²) in [6.45, 7) is 4.83. The van der Waals surface area contributed by atoms with Gasteiger partial charge in [-0.1, -0.05) is 24.3 Å². The molecule has 2 saturated heterocycles. The highest BCUT2D eigenvalue weighted by Crippen LogP contribution is 2.35. The number of furan rings is 1. The molecule has 3 heterocycles. The van der Waals surface area contributed by atoms with Gasteiger partial charge in [-0.2, -0.15) is 0 Å². The van der Waals surface area contributed by atoms with Gasteiger partial charge in [0.05, 0.1) is 12.2 Å². The Morgan fingerprint density at radius 1 is 1.10 bits per heavy atom. The summed E-state index contributed by atoms with van der Waals surface area (Å²) in [5.74, 6) is 1.63. The maximum absolute atomic E-state index is 12.0. The van der Waals surface area contributed by atoms with Crippen LogP contribution in [0, 0.1) is 0 Å². The van der Waals surface area contributed by atoms with Gasteiger partial charge < -0.3 is 18.8 Å². The Morgan fingerprint density at radius 3 is 2.63 bits per heavy atom. The fraction of sp³-hybridized carbons (Fsp3) is 0.400. The van der Waals surface area contributed by atoms with E-state index in [0.29, 0.717) is 12.2 Å². The number of epoxide rings is 1. The van der Waals surface area contributed by atoms with Crippen molar-refractivity contribution in [2.45, 2.75) is 31.8 Å². The van der Waals surface area contributed by atoms with Crippen molar-refractivity contribution >= 4 is 17.3 Å². The molecule has 1 aromatic heterocycles. The Bertz CT molecular complexity index is 1010. The first kappa shape index (κ1) is 19.3. The van der Waals surface area contributed by atoms with Crippen LogP contribution in [0.25, 0.3) is 22.1 Å². The number of nitrogens with zero attached hydrogens (tertiary/aromatic N) is 1. The number of benzene rings is 2. The molecule has 1 unspecified atom stereocenters. The number of carbonyl (C=O) groups excluding carboxylic acids is 1. The molecule has 0 spiro atoms. The predicted octanol–water partition coefficient (Wildman–Crippen LogP) is 4.72. The van der Waals surface area contributed by atoms with E-state index in [1.165, 1.54) is 25.9 Å². The van der Waals surface area contributed by atoms with Crippen LogP contribution in [0.3, 0.4) is 0 Å². The van der Waals surface area contributed by atoms with Crippen molar-refractivity contribution in [3.05, 3.63) is 53.8 Å². The summed E-state index contributed by atoms with van der Waals surface area (Å²) in [5.41, 5.74) is 3.52. The molecule has 2 aromatic carbocycles. The molecule has 5 nitrogen and oxygen atoms in total. The molecule has 2 aliphatic rings. The second kappa shape index (κ2) is 8.62. The van der Waals surface area contributed by atoms with E-state index in [1.54, 1.807) is 0 Å². The summed E-state index contributed by atoms with van der Waals surface area (Å²) in [4.78, 5) is 14.5. The minimum absolute atomic E-state index is 0.239. The molecule has 0 amide bonds. The second-order valence-corrected chi connectivity index (χ2v) is 8.18. The number of hydrogen-bond acceptors (Lipinski definition) is 5. The van der Waals surface area contributed by atoms with Gasteiger partial charge >= 0.3 is 0 Å². The van der Waals surface area contributed by atoms with E-state index in [2.05, 4.69) is 4.90 Å². The lowest BCUT2D eigenvalue weighted by molar-refractivity contribution is 0.112. The number of likely N-dealkylation sites (tertiary alicyclic amines) is 1. The lowest BCUT2D eigenvalue weighted by Crippen LogP contribution is -2.20. The average Bonchev–Trinajstić information content (AvgIpc) is 3.32. The molecule has 3 aromatic rings. The van der Waals surface area contributed by atoms with Crippen LogP contribution in [0.5, 0.6) is 5.75 Å². The zero-order valence-electron chi connectivity index (χ0n) is 17.1. The molecule has 2 fully saturated rings. The summed E-state index contributed by atoms with van der Waals surface area (Å²) in [5, 5.41) is 0.906. The third kappa shape index (κ3) is 4.13. The van der Waals surface area contributed by atoms with Crippen molar-refractivity contribution < 1.29 is 18.7 Å². The van der Waals surface area contributed by atoms with Gasteiger partial charge in [0.2, 0.25) is 0 Å². The highest BCUT2D eigenvalue weighted by molar-refractivity contribution is 6.05. The maximum Gasteiger partial charge on any atom is 0.154 e. The number of aryl methyl sites for hydroxylation is 1. The Hall–Kier alpha value is -2.63. The Morgan fingerprint density at radius 2 is 1.90 bits per heavy atom. The Balaban J connectivity index is 1.37. The molecule has 0 bridgehead atoms. The first-order chi connectivity index (χ1) is 14.8. The van der Waals surface area contributed by atoms with E-state index in [9.17, 15) is 4.79 Å². The SMILES string of the molecule is O=Cc1c(CCCN2CCCC2)oc2cccc(-c3ccc(OCC4CO4)cc3)c12. The van der Waals surface area contributed by atoms with Crippen molar-refractivity contribution in [3.8, 4) is 16.9 Å². The standard InChI is InChI=1S/C25H27NO4/c27-15-22-23(7-4-14-26-12-1-2-13-26)30-24-6-3-5-21(25(22)24)18-8-10-19(11-9-18)28-16-20-17-29-20/h3,5-6,8-11,15,20H,1-2,4,7,12-14,16-17H2. The molecule has 0 radical (unpaired) electrons. The minimum atomic E-state index is 0.239. The largest absolute Gasteiger partial charge is 0.491 e. The van der Waals surface area contributed by atoms with Crippen LogP contribution in [-0.2, 0) is 11.2 Å². The molecular weight excluding hydrogens is 378 g/mol. The quantitative estimate of drug-likeness (QED) is 0.381. The van der Waals surface area contributed by atoms with Gasteiger partial charge in [-0.05, 0) is 68.2 Å². The average molecular weight is 405 g/mol. The summed E-state index contributed by atoms with van der Waals surface area (Å²) >= 11 is 0. The van der Waals surface area contributed by atoms with Crippen LogP contribution >= 0.6 is 0 Å². The van der Waals surface area contributed by atoms with Crippen molar-refractivity contribution in [3.63, 3.8) is 0 Å². The summed E-state index contributed by atoms with van der Waals surface area (Å²) in [6.07, 6.45) is 5.58. The third-order valence-electron chi connectivity index (χ3n) is 6.03. The zero-order chi connectivity index (χ0) is 20.3. The van der Waals surface area contributed by atoms with Crippen LogP contribution in [0.15, 0.2) is 46.9 Å². The van der Waals surface area contributed by atoms with Crippen molar-refractivity contribution in [2.24, 2.45) is 0 Å². The number of fused-ring (bicyclic) bond motifs is 1. The normalized spacial score (nSPS) is 18.7. The summed E-state index contributed by atoms with van der Waals surface area (Å²) in [7, 11) is 0. The summed E-state index contributed by atoms with van der Waals surface area (Å²) < 4.78 is 17.0. The van der Waals surface area contributed by atoms with E-state index in [0.717, 1.165) is 65.9 Å². The highest BCUT2D eigenvalue weighted by atomic mass is 16.6. The maximum atomic E-state index is 12.0.